The van der Waals surface area contributed by atoms with E-state index in [1.165, 1.54) is 17.3 Å². The Kier molecular flexibility index (Phi) is 5.38. The Bertz CT molecular complexity index is 611. The van der Waals surface area contributed by atoms with Crippen LogP contribution in [-0.2, 0) is 11.2 Å². The van der Waals surface area contributed by atoms with Crippen LogP contribution in [0.15, 0.2) is 35.7 Å². The Labute approximate surface area is 129 Å². The quantitative estimate of drug-likeness (QED) is 0.769. The van der Waals surface area contributed by atoms with Crippen molar-refractivity contribution in [2.75, 3.05) is 19.3 Å². The van der Waals surface area contributed by atoms with E-state index in [0.29, 0.717) is 12.3 Å². The number of aromatic nitrogens is 3. The maximum Gasteiger partial charge on any atom is 0.232 e. The Morgan fingerprint density at radius 1 is 1.33 bits per heavy atom. The summed E-state index contributed by atoms with van der Waals surface area (Å²) in [6, 6.07) is 8.17. The normalized spacial score (nSPS) is 10.6. The molecule has 6 heteroatoms. The molecule has 0 fully saturated rings. The summed E-state index contributed by atoms with van der Waals surface area (Å²) in [6.45, 7) is 4.79. The van der Waals surface area contributed by atoms with E-state index in [1.54, 1.807) is 18.3 Å². The van der Waals surface area contributed by atoms with E-state index in [9.17, 15) is 4.79 Å². The van der Waals surface area contributed by atoms with Crippen LogP contribution in [0.1, 0.15) is 19.4 Å². The molecule has 0 aliphatic rings. The number of hydrogen-bond donors (Lipinski definition) is 0. The molecule has 0 atom stereocenters. The highest BCUT2D eigenvalue weighted by Crippen LogP contribution is 2.22. The molecule has 2 rings (SSSR count). The lowest BCUT2D eigenvalue weighted by Crippen LogP contribution is -2.27. The summed E-state index contributed by atoms with van der Waals surface area (Å²) < 4.78 is 1.95. The molecule has 112 valence electrons. The zero-order valence-corrected chi connectivity index (χ0v) is 13.4. The predicted octanol–water partition coefficient (Wildman–Crippen LogP) is 2.40. The Morgan fingerprint density at radius 3 is 2.81 bits per heavy atom. The number of benzene rings is 1. The Morgan fingerprint density at radius 2 is 2.10 bits per heavy atom. The summed E-state index contributed by atoms with van der Waals surface area (Å²) in [5.74, 6) is 0.470. The van der Waals surface area contributed by atoms with Gasteiger partial charge in [0.15, 0.2) is 5.16 Å². The van der Waals surface area contributed by atoms with Crippen LogP contribution in [0.5, 0.6) is 0 Å². The summed E-state index contributed by atoms with van der Waals surface area (Å²) in [7, 11) is 1.81. The van der Waals surface area contributed by atoms with Crippen LogP contribution in [0.4, 0.5) is 0 Å². The van der Waals surface area contributed by atoms with Gasteiger partial charge >= 0.3 is 0 Å². The van der Waals surface area contributed by atoms with Gasteiger partial charge in [0.05, 0.1) is 11.4 Å². The van der Waals surface area contributed by atoms with Gasteiger partial charge in [-0.3, -0.25) is 9.36 Å². The van der Waals surface area contributed by atoms with Crippen molar-refractivity contribution in [2.45, 2.75) is 25.4 Å². The maximum absolute atomic E-state index is 11.9. The molecule has 1 aromatic carbocycles. The molecule has 0 aliphatic heterocycles. The first-order valence-electron chi connectivity index (χ1n) is 7.02. The summed E-state index contributed by atoms with van der Waals surface area (Å²) >= 11 is 1.42. The monoisotopic (exact) mass is 304 g/mol. The number of aryl methyl sites for hydroxylation is 1. The number of nitrogens with zero attached hydrogens (tertiary/aromatic N) is 4. The van der Waals surface area contributed by atoms with Crippen LogP contribution in [0.25, 0.3) is 5.69 Å². The van der Waals surface area contributed by atoms with E-state index < -0.39 is 0 Å². The maximum atomic E-state index is 11.9. The van der Waals surface area contributed by atoms with Gasteiger partial charge in [-0.1, -0.05) is 36.9 Å². The number of carbonyl (C=O) groups is 1. The zero-order chi connectivity index (χ0) is 15.2. The third-order valence-electron chi connectivity index (χ3n) is 3.37. The minimum Gasteiger partial charge on any atom is -0.345 e. The third-order valence-corrected chi connectivity index (χ3v) is 4.30. The number of thioether (sulfide) groups is 1. The van der Waals surface area contributed by atoms with Gasteiger partial charge in [0.2, 0.25) is 5.91 Å². The van der Waals surface area contributed by atoms with Crippen molar-refractivity contribution in [3.8, 4) is 5.69 Å². The van der Waals surface area contributed by atoms with E-state index in [0.717, 1.165) is 17.3 Å². The first-order valence-corrected chi connectivity index (χ1v) is 8.01. The molecule has 0 unspecified atom stereocenters. The molecule has 1 amide bonds. The van der Waals surface area contributed by atoms with Crippen LogP contribution < -0.4 is 0 Å². The van der Waals surface area contributed by atoms with Gasteiger partial charge in [0.25, 0.3) is 0 Å². The molecule has 0 bridgehead atoms. The molecule has 0 saturated carbocycles. The van der Waals surface area contributed by atoms with Crippen LogP contribution in [-0.4, -0.2) is 44.9 Å². The van der Waals surface area contributed by atoms with Crippen LogP contribution >= 0.6 is 11.8 Å². The van der Waals surface area contributed by atoms with Crippen molar-refractivity contribution in [1.29, 1.82) is 0 Å². The smallest absolute Gasteiger partial charge is 0.232 e. The second-order valence-electron chi connectivity index (χ2n) is 4.66. The van der Waals surface area contributed by atoms with E-state index in [4.69, 9.17) is 0 Å². The summed E-state index contributed by atoms with van der Waals surface area (Å²) in [6.07, 6.45) is 2.64. The Hall–Kier alpha value is -1.82. The molecule has 5 nitrogen and oxygen atoms in total. The second kappa shape index (κ2) is 7.26. The Balaban J connectivity index is 2.17. The third kappa shape index (κ3) is 3.64. The largest absolute Gasteiger partial charge is 0.345 e. The van der Waals surface area contributed by atoms with E-state index in [1.807, 2.05) is 29.7 Å². The van der Waals surface area contributed by atoms with Crippen LogP contribution in [0.3, 0.4) is 0 Å². The molecule has 2 aromatic rings. The zero-order valence-electron chi connectivity index (χ0n) is 12.6. The average molecular weight is 304 g/mol. The molecule has 0 spiro atoms. The molecule has 1 aromatic heterocycles. The van der Waals surface area contributed by atoms with Crippen molar-refractivity contribution in [3.63, 3.8) is 0 Å². The molecular weight excluding hydrogens is 284 g/mol. The summed E-state index contributed by atoms with van der Waals surface area (Å²) in [4.78, 5) is 13.6. The molecule has 0 N–H and O–H groups in total. The minimum absolute atomic E-state index is 0.0980. The summed E-state index contributed by atoms with van der Waals surface area (Å²) in [5.41, 5.74) is 2.31. The topological polar surface area (TPSA) is 51.0 Å². The van der Waals surface area contributed by atoms with Crippen molar-refractivity contribution in [2.24, 2.45) is 0 Å². The average Bonchev–Trinajstić information content (AvgIpc) is 2.99. The molecule has 0 saturated heterocycles. The van der Waals surface area contributed by atoms with Crippen molar-refractivity contribution in [1.82, 2.24) is 19.7 Å². The molecule has 1 heterocycles. The van der Waals surface area contributed by atoms with Gasteiger partial charge in [-0.2, -0.15) is 0 Å². The first kappa shape index (κ1) is 15.6. The second-order valence-corrected chi connectivity index (χ2v) is 5.60. The van der Waals surface area contributed by atoms with Gasteiger partial charge in [-0.05, 0) is 25.0 Å². The number of para-hydroxylation sites is 1. The highest BCUT2D eigenvalue weighted by atomic mass is 32.2. The lowest BCUT2D eigenvalue weighted by atomic mass is 10.1. The fourth-order valence-electron chi connectivity index (χ4n) is 1.95. The standard InChI is InChI=1S/C15H20N4OS/c1-4-12-8-6-7-9-13(12)19-11-16-17-15(19)21-10-14(20)18(3)5-2/h6-9,11H,4-5,10H2,1-3H3. The molecule has 0 radical (unpaired) electrons. The van der Waals surface area contributed by atoms with E-state index >= 15 is 0 Å². The molecule has 0 aliphatic carbocycles. The van der Waals surface area contributed by atoms with E-state index in [-0.39, 0.29) is 5.91 Å². The van der Waals surface area contributed by atoms with Gasteiger partial charge < -0.3 is 4.90 Å². The van der Waals surface area contributed by atoms with Crippen LogP contribution in [0.2, 0.25) is 0 Å². The molecule has 21 heavy (non-hydrogen) atoms. The van der Waals surface area contributed by atoms with Crippen molar-refractivity contribution < 1.29 is 4.79 Å². The van der Waals surface area contributed by atoms with E-state index in [2.05, 4.69) is 23.2 Å². The summed E-state index contributed by atoms with van der Waals surface area (Å²) in [5, 5.41) is 8.86. The van der Waals surface area contributed by atoms with Gasteiger partial charge in [0.1, 0.15) is 6.33 Å². The highest BCUT2D eigenvalue weighted by molar-refractivity contribution is 7.99. The minimum atomic E-state index is 0.0980. The number of carbonyl (C=O) groups excluding carboxylic acids is 1. The SMILES string of the molecule is CCc1ccccc1-n1cnnc1SCC(=O)N(C)CC. The fourth-order valence-corrected chi connectivity index (χ4v) is 2.81. The fraction of sp³-hybridized carbons (Fsp3) is 0.400. The predicted molar refractivity (Wildman–Crippen MR) is 84.8 cm³/mol. The number of hydrogen-bond acceptors (Lipinski definition) is 4. The lowest BCUT2D eigenvalue weighted by Gasteiger charge is -2.14. The highest BCUT2D eigenvalue weighted by Gasteiger charge is 2.13. The van der Waals surface area contributed by atoms with Crippen molar-refractivity contribution >= 4 is 17.7 Å². The van der Waals surface area contributed by atoms with Crippen molar-refractivity contribution in [3.05, 3.63) is 36.2 Å². The molecular formula is C15H20N4OS. The van der Waals surface area contributed by atoms with Gasteiger partial charge in [-0.25, -0.2) is 0 Å². The van der Waals surface area contributed by atoms with Gasteiger partial charge in [0, 0.05) is 13.6 Å². The number of amides is 1. The van der Waals surface area contributed by atoms with Crippen LogP contribution in [0, 0.1) is 0 Å². The van der Waals surface area contributed by atoms with Gasteiger partial charge in [-0.15, -0.1) is 10.2 Å². The number of rotatable bonds is 6. The first-order chi connectivity index (χ1) is 10.2. The lowest BCUT2D eigenvalue weighted by molar-refractivity contribution is -0.126.